The molecule has 1 unspecified atom stereocenters. The Balaban J connectivity index is 1.90. The van der Waals surface area contributed by atoms with Gasteiger partial charge in [-0.25, -0.2) is 0 Å². The summed E-state index contributed by atoms with van der Waals surface area (Å²) in [7, 11) is 0. The Morgan fingerprint density at radius 3 is 2.80 bits per heavy atom. The Labute approximate surface area is 119 Å². The van der Waals surface area contributed by atoms with Gasteiger partial charge in [-0.05, 0) is 49.1 Å². The number of benzene rings is 1. The fourth-order valence-electron chi connectivity index (χ4n) is 2.90. The van der Waals surface area contributed by atoms with Crippen LogP contribution in [-0.4, -0.2) is 22.3 Å². The van der Waals surface area contributed by atoms with Gasteiger partial charge in [0.05, 0.1) is 6.04 Å². The molecule has 1 fully saturated rings. The molecule has 1 aliphatic heterocycles. The van der Waals surface area contributed by atoms with Crippen molar-refractivity contribution >= 4 is 5.91 Å². The number of hydrogen-bond acceptors (Lipinski definition) is 2. The van der Waals surface area contributed by atoms with Crippen LogP contribution in [0.1, 0.15) is 40.4 Å². The summed E-state index contributed by atoms with van der Waals surface area (Å²) in [6, 6.07) is 11.7. The predicted molar refractivity (Wildman–Crippen MR) is 78.4 cm³/mol. The lowest BCUT2D eigenvalue weighted by Crippen LogP contribution is -2.30. The number of hydrogen-bond donors (Lipinski definition) is 0. The third kappa shape index (κ3) is 2.31. The highest BCUT2D eigenvalue weighted by atomic mass is 16.2. The number of aromatic nitrogens is 1. The van der Waals surface area contributed by atoms with Crippen molar-refractivity contribution in [2.45, 2.75) is 25.8 Å². The van der Waals surface area contributed by atoms with Crippen LogP contribution in [0.5, 0.6) is 0 Å². The van der Waals surface area contributed by atoms with Gasteiger partial charge in [-0.1, -0.05) is 18.2 Å². The standard InChI is InChI=1S/C17H18N2O/c1-13-9-10-18-12-15(13)16-8-5-11-19(16)17(20)14-6-3-2-4-7-14/h2-4,6-7,9-10,12,16H,5,8,11H2,1H3. The zero-order valence-electron chi connectivity index (χ0n) is 11.6. The van der Waals surface area contributed by atoms with E-state index < -0.39 is 0 Å². The van der Waals surface area contributed by atoms with E-state index in [-0.39, 0.29) is 11.9 Å². The van der Waals surface area contributed by atoms with Crippen LogP contribution >= 0.6 is 0 Å². The quantitative estimate of drug-likeness (QED) is 0.835. The monoisotopic (exact) mass is 266 g/mol. The second-order valence-electron chi connectivity index (χ2n) is 5.25. The second-order valence-corrected chi connectivity index (χ2v) is 5.25. The first-order chi connectivity index (χ1) is 9.77. The highest BCUT2D eigenvalue weighted by molar-refractivity contribution is 5.94. The zero-order valence-corrected chi connectivity index (χ0v) is 11.6. The third-order valence-electron chi connectivity index (χ3n) is 3.97. The molecular weight excluding hydrogens is 248 g/mol. The molecule has 3 nitrogen and oxygen atoms in total. The van der Waals surface area contributed by atoms with Crippen molar-refractivity contribution in [3.05, 3.63) is 65.5 Å². The molecule has 102 valence electrons. The number of rotatable bonds is 2. The molecule has 3 rings (SSSR count). The summed E-state index contributed by atoms with van der Waals surface area (Å²) in [5.74, 6) is 0.122. The topological polar surface area (TPSA) is 33.2 Å². The van der Waals surface area contributed by atoms with E-state index in [1.807, 2.05) is 47.5 Å². The fraction of sp³-hybridized carbons (Fsp3) is 0.294. The van der Waals surface area contributed by atoms with E-state index >= 15 is 0 Å². The maximum absolute atomic E-state index is 12.6. The van der Waals surface area contributed by atoms with E-state index in [2.05, 4.69) is 11.9 Å². The highest BCUT2D eigenvalue weighted by Crippen LogP contribution is 2.34. The molecule has 1 amide bonds. The van der Waals surface area contributed by atoms with Crippen LogP contribution < -0.4 is 0 Å². The fourth-order valence-corrected chi connectivity index (χ4v) is 2.90. The van der Waals surface area contributed by atoms with E-state index in [0.717, 1.165) is 24.9 Å². The van der Waals surface area contributed by atoms with Crippen LogP contribution in [0.3, 0.4) is 0 Å². The van der Waals surface area contributed by atoms with E-state index in [4.69, 9.17) is 0 Å². The SMILES string of the molecule is Cc1ccncc1C1CCCN1C(=O)c1ccccc1. The van der Waals surface area contributed by atoms with Crippen LogP contribution in [0.25, 0.3) is 0 Å². The zero-order chi connectivity index (χ0) is 13.9. The van der Waals surface area contributed by atoms with Gasteiger partial charge in [0, 0.05) is 24.5 Å². The summed E-state index contributed by atoms with van der Waals surface area (Å²) in [6.07, 6.45) is 5.77. The van der Waals surface area contributed by atoms with Crippen molar-refractivity contribution in [2.24, 2.45) is 0 Å². The van der Waals surface area contributed by atoms with Gasteiger partial charge < -0.3 is 4.90 Å². The molecule has 3 heteroatoms. The lowest BCUT2D eigenvalue weighted by Gasteiger charge is -2.26. The molecule has 2 heterocycles. The van der Waals surface area contributed by atoms with Gasteiger partial charge in [0.2, 0.25) is 0 Å². The molecule has 20 heavy (non-hydrogen) atoms. The first-order valence-electron chi connectivity index (χ1n) is 7.04. The van der Waals surface area contributed by atoms with Gasteiger partial charge in [-0.3, -0.25) is 9.78 Å². The van der Waals surface area contributed by atoms with Crippen LogP contribution in [0.2, 0.25) is 0 Å². The molecule has 2 aromatic rings. The maximum atomic E-state index is 12.6. The molecule has 0 spiro atoms. The molecule has 0 N–H and O–H groups in total. The minimum atomic E-state index is 0.122. The summed E-state index contributed by atoms with van der Waals surface area (Å²) in [5, 5.41) is 0. The van der Waals surface area contributed by atoms with Gasteiger partial charge in [0.25, 0.3) is 5.91 Å². The number of carbonyl (C=O) groups is 1. The number of pyridine rings is 1. The first-order valence-corrected chi connectivity index (χ1v) is 7.04. The molecule has 1 aromatic heterocycles. The molecule has 0 aliphatic carbocycles. The molecule has 1 aliphatic rings. The molecule has 1 aromatic carbocycles. The van der Waals surface area contributed by atoms with Gasteiger partial charge in [-0.15, -0.1) is 0 Å². The van der Waals surface area contributed by atoms with Crippen LogP contribution in [0.15, 0.2) is 48.8 Å². The smallest absolute Gasteiger partial charge is 0.254 e. The molecule has 1 atom stereocenters. The summed E-state index contributed by atoms with van der Waals surface area (Å²) < 4.78 is 0. The average molecular weight is 266 g/mol. The van der Waals surface area contributed by atoms with E-state index in [1.54, 1.807) is 6.20 Å². The molecule has 0 bridgehead atoms. The molecule has 1 saturated heterocycles. The second kappa shape index (κ2) is 5.45. The number of amides is 1. The largest absolute Gasteiger partial charge is 0.332 e. The van der Waals surface area contributed by atoms with E-state index in [1.165, 1.54) is 11.1 Å². The lowest BCUT2D eigenvalue weighted by molar-refractivity contribution is 0.0735. The molecular formula is C17H18N2O. The Hall–Kier alpha value is -2.16. The number of aryl methyl sites for hydroxylation is 1. The van der Waals surface area contributed by atoms with Crippen molar-refractivity contribution < 1.29 is 4.79 Å². The Kier molecular flexibility index (Phi) is 3.50. The van der Waals surface area contributed by atoms with E-state index in [9.17, 15) is 4.79 Å². The van der Waals surface area contributed by atoms with Crippen LogP contribution in [0, 0.1) is 6.92 Å². The average Bonchev–Trinajstić information content (AvgIpc) is 2.97. The molecule has 0 radical (unpaired) electrons. The lowest BCUT2D eigenvalue weighted by atomic mass is 10.0. The Morgan fingerprint density at radius 1 is 1.25 bits per heavy atom. The minimum absolute atomic E-state index is 0.122. The third-order valence-corrected chi connectivity index (χ3v) is 3.97. The van der Waals surface area contributed by atoms with Crippen molar-refractivity contribution in [1.82, 2.24) is 9.88 Å². The maximum Gasteiger partial charge on any atom is 0.254 e. The van der Waals surface area contributed by atoms with Gasteiger partial charge >= 0.3 is 0 Å². The van der Waals surface area contributed by atoms with Crippen LogP contribution in [-0.2, 0) is 0 Å². The van der Waals surface area contributed by atoms with Gasteiger partial charge in [-0.2, -0.15) is 0 Å². The summed E-state index contributed by atoms with van der Waals surface area (Å²) in [5.41, 5.74) is 3.15. The highest BCUT2D eigenvalue weighted by Gasteiger charge is 2.31. The van der Waals surface area contributed by atoms with Crippen molar-refractivity contribution in [2.75, 3.05) is 6.54 Å². The number of carbonyl (C=O) groups excluding carboxylic acids is 1. The van der Waals surface area contributed by atoms with Crippen molar-refractivity contribution in [3.63, 3.8) is 0 Å². The molecule has 0 saturated carbocycles. The summed E-state index contributed by atoms with van der Waals surface area (Å²) >= 11 is 0. The Morgan fingerprint density at radius 2 is 2.05 bits per heavy atom. The van der Waals surface area contributed by atoms with Gasteiger partial charge in [0.1, 0.15) is 0 Å². The van der Waals surface area contributed by atoms with Crippen LogP contribution in [0.4, 0.5) is 0 Å². The first kappa shape index (κ1) is 12.9. The summed E-state index contributed by atoms with van der Waals surface area (Å²) in [6.45, 7) is 2.91. The normalized spacial score (nSPS) is 18.2. The Bertz CT molecular complexity index is 609. The van der Waals surface area contributed by atoms with Crippen molar-refractivity contribution in [1.29, 1.82) is 0 Å². The van der Waals surface area contributed by atoms with E-state index in [0.29, 0.717) is 0 Å². The number of nitrogens with zero attached hydrogens (tertiary/aromatic N) is 2. The van der Waals surface area contributed by atoms with Crippen molar-refractivity contribution in [3.8, 4) is 0 Å². The predicted octanol–water partition coefficient (Wildman–Crippen LogP) is 3.37. The van der Waals surface area contributed by atoms with Gasteiger partial charge in [0.15, 0.2) is 0 Å². The minimum Gasteiger partial charge on any atom is -0.332 e. The number of likely N-dealkylation sites (tertiary alicyclic amines) is 1. The summed E-state index contributed by atoms with van der Waals surface area (Å²) in [4.78, 5) is 18.9.